The van der Waals surface area contributed by atoms with Crippen molar-refractivity contribution < 1.29 is 0 Å². The Morgan fingerprint density at radius 1 is 1.25 bits per heavy atom. The lowest BCUT2D eigenvalue weighted by molar-refractivity contribution is 0.631. The van der Waals surface area contributed by atoms with Crippen molar-refractivity contribution in [2.45, 2.75) is 33.2 Å². The van der Waals surface area contributed by atoms with Gasteiger partial charge in [0.2, 0.25) is 5.13 Å². The summed E-state index contributed by atoms with van der Waals surface area (Å²) < 4.78 is 1.87. The van der Waals surface area contributed by atoms with Gasteiger partial charge in [0.05, 0.1) is 6.54 Å². The molecule has 7 heteroatoms. The van der Waals surface area contributed by atoms with Crippen LogP contribution in [-0.2, 0) is 19.4 Å². The highest BCUT2D eigenvalue weighted by Gasteiger charge is 2.09. The number of aromatic nitrogens is 5. The van der Waals surface area contributed by atoms with Crippen molar-refractivity contribution in [3.63, 3.8) is 0 Å². The number of nitrogens with zero attached hydrogens (tertiary/aromatic N) is 5. The van der Waals surface area contributed by atoms with Crippen LogP contribution in [0.2, 0.25) is 0 Å². The highest BCUT2D eigenvalue weighted by molar-refractivity contribution is 7.15. The molecule has 2 aromatic rings. The molecule has 0 unspecified atom stereocenters. The lowest BCUT2D eigenvalue weighted by atomic mass is 10.4. The Morgan fingerprint density at radius 3 is 2.62 bits per heavy atom. The van der Waals surface area contributed by atoms with Gasteiger partial charge in [0.25, 0.3) is 0 Å². The first kappa shape index (κ1) is 11.0. The van der Waals surface area contributed by atoms with Gasteiger partial charge in [-0.2, -0.15) is 5.10 Å². The molecule has 0 spiro atoms. The summed E-state index contributed by atoms with van der Waals surface area (Å²) in [6.07, 6.45) is 1.71. The average molecular weight is 238 g/mol. The monoisotopic (exact) mass is 238 g/mol. The van der Waals surface area contributed by atoms with Gasteiger partial charge in [-0.1, -0.05) is 25.2 Å². The van der Waals surface area contributed by atoms with Gasteiger partial charge in [-0.15, -0.1) is 10.2 Å². The van der Waals surface area contributed by atoms with Crippen LogP contribution in [0, 0.1) is 0 Å². The Labute approximate surface area is 97.5 Å². The maximum absolute atomic E-state index is 5.53. The van der Waals surface area contributed by atoms with Gasteiger partial charge < -0.3 is 5.73 Å². The van der Waals surface area contributed by atoms with Crippen LogP contribution in [-0.4, -0.2) is 25.0 Å². The van der Waals surface area contributed by atoms with Crippen LogP contribution in [0.15, 0.2) is 0 Å². The molecule has 2 aromatic heterocycles. The quantitative estimate of drug-likeness (QED) is 0.855. The van der Waals surface area contributed by atoms with Gasteiger partial charge in [-0.3, -0.25) is 0 Å². The van der Waals surface area contributed by atoms with E-state index in [1.807, 2.05) is 11.6 Å². The molecule has 0 radical (unpaired) electrons. The van der Waals surface area contributed by atoms with Crippen molar-refractivity contribution in [2.24, 2.45) is 0 Å². The summed E-state index contributed by atoms with van der Waals surface area (Å²) >= 11 is 1.39. The second-order valence-corrected chi connectivity index (χ2v) is 4.44. The smallest absolute Gasteiger partial charge is 0.203 e. The van der Waals surface area contributed by atoms with Gasteiger partial charge in [0.15, 0.2) is 5.82 Å². The highest BCUT2D eigenvalue weighted by Crippen LogP contribution is 2.13. The van der Waals surface area contributed by atoms with Gasteiger partial charge in [0.1, 0.15) is 10.8 Å². The average Bonchev–Trinajstić information content (AvgIpc) is 2.85. The predicted molar refractivity (Wildman–Crippen MR) is 62.2 cm³/mol. The van der Waals surface area contributed by atoms with E-state index in [1.165, 1.54) is 11.3 Å². The third-order valence-electron chi connectivity index (χ3n) is 2.19. The molecule has 0 saturated heterocycles. The van der Waals surface area contributed by atoms with E-state index < -0.39 is 0 Å². The van der Waals surface area contributed by atoms with E-state index in [2.05, 4.69) is 27.2 Å². The Bertz CT molecular complexity index is 474. The second kappa shape index (κ2) is 4.56. The molecule has 16 heavy (non-hydrogen) atoms. The molecule has 2 rings (SSSR count). The summed E-state index contributed by atoms with van der Waals surface area (Å²) in [6.45, 7) is 4.71. The lowest BCUT2D eigenvalue weighted by Crippen LogP contribution is -2.06. The molecular weight excluding hydrogens is 224 g/mol. The molecule has 0 atom stereocenters. The standard InChI is InChI=1S/C9H14N6S/c1-3-6-11-7(4-2)15(14-6)5-8-12-13-9(10)16-8/h3-5H2,1-2H3,(H2,10,13). The van der Waals surface area contributed by atoms with Gasteiger partial charge in [0, 0.05) is 12.8 Å². The van der Waals surface area contributed by atoms with E-state index in [1.54, 1.807) is 0 Å². The van der Waals surface area contributed by atoms with Crippen LogP contribution < -0.4 is 5.73 Å². The molecule has 0 saturated carbocycles. The Hall–Kier alpha value is -1.50. The molecule has 0 aliphatic carbocycles. The first-order chi connectivity index (χ1) is 7.72. The molecule has 6 nitrogen and oxygen atoms in total. The van der Waals surface area contributed by atoms with Crippen LogP contribution >= 0.6 is 11.3 Å². The lowest BCUT2D eigenvalue weighted by Gasteiger charge is -1.99. The van der Waals surface area contributed by atoms with Crippen LogP contribution in [0.1, 0.15) is 30.5 Å². The number of hydrogen-bond donors (Lipinski definition) is 1. The molecule has 0 amide bonds. The fourth-order valence-electron chi connectivity index (χ4n) is 1.42. The van der Waals surface area contributed by atoms with Crippen LogP contribution in [0.4, 0.5) is 5.13 Å². The molecular formula is C9H14N6S. The molecule has 86 valence electrons. The van der Waals surface area contributed by atoms with Crippen LogP contribution in [0.3, 0.4) is 0 Å². The normalized spacial score (nSPS) is 10.9. The predicted octanol–water partition coefficient (Wildman–Crippen LogP) is 0.885. The SMILES string of the molecule is CCc1nc(CC)n(Cc2nnc(N)s2)n1. The van der Waals surface area contributed by atoms with E-state index >= 15 is 0 Å². The molecule has 2 heterocycles. The summed E-state index contributed by atoms with van der Waals surface area (Å²) in [5.41, 5.74) is 5.53. The number of rotatable bonds is 4. The summed E-state index contributed by atoms with van der Waals surface area (Å²) in [6, 6.07) is 0. The number of hydrogen-bond acceptors (Lipinski definition) is 6. The first-order valence-electron chi connectivity index (χ1n) is 5.23. The zero-order valence-electron chi connectivity index (χ0n) is 9.34. The minimum atomic E-state index is 0.490. The molecule has 0 fully saturated rings. The molecule has 2 N–H and O–H groups in total. The van der Waals surface area contributed by atoms with Crippen LogP contribution in [0.25, 0.3) is 0 Å². The van der Waals surface area contributed by atoms with Crippen molar-refractivity contribution in [3.05, 3.63) is 16.7 Å². The second-order valence-electron chi connectivity index (χ2n) is 3.34. The number of anilines is 1. The number of aryl methyl sites for hydroxylation is 2. The van der Waals surface area contributed by atoms with Crippen molar-refractivity contribution in [1.29, 1.82) is 0 Å². The van der Waals surface area contributed by atoms with E-state index in [9.17, 15) is 0 Å². The fraction of sp³-hybridized carbons (Fsp3) is 0.556. The van der Waals surface area contributed by atoms with Gasteiger partial charge in [-0.25, -0.2) is 9.67 Å². The number of nitrogen functional groups attached to an aromatic ring is 1. The zero-order chi connectivity index (χ0) is 11.5. The third-order valence-corrected chi connectivity index (χ3v) is 2.93. The zero-order valence-corrected chi connectivity index (χ0v) is 10.2. The van der Waals surface area contributed by atoms with Crippen LogP contribution in [0.5, 0.6) is 0 Å². The Kier molecular flexibility index (Phi) is 3.14. The topological polar surface area (TPSA) is 82.5 Å². The Morgan fingerprint density at radius 2 is 2.06 bits per heavy atom. The minimum absolute atomic E-state index is 0.490. The minimum Gasteiger partial charge on any atom is -0.374 e. The molecule has 0 bridgehead atoms. The summed E-state index contributed by atoms with van der Waals surface area (Å²) in [4.78, 5) is 4.43. The maximum Gasteiger partial charge on any atom is 0.203 e. The summed E-state index contributed by atoms with van der Waals surface area (Å²) in [5.74, 6) is 1.85. The van der Waals surface area contributed by atoms with Crippen molar-refractivity contribution in [1.82, 2.24) is 25.0 Å². The largest absolute Gasteiger partial charge is 0.374 e. The summed E-state index contributed by atoms with van der Waals surface area (Å²) in [7, 11) is 0. The molecule has 0 aliphatic heterocycles. The highest BCUT2D eigenvalue weighted by atomic mass is 32.1. The van der Waals surface area contributed by atoms with E-state index in [0.717, 1.165) is 29.5 Å². The van der Waals surface area contributed by atoms with E-state index in [-0.39, 0.29) is 0 Å². The number of nitrogens with two attached hydrogens (primary N) is 1. The Balaban J connectivity index is 2.22. The summed E-state index contributed by atoms with van der Waals surface area (Å²) in [5, 5.41) is 13.5. The van der Waals surface area contributed by atoms with Crippen molar-refractivity contribution in [2.75, 3.05) is 5.73 Å². The van der Waals surface area contributed by atoms with E-state index in [4.69, 9.17) is 5.73 Å². The first-order valence-corrected chi connectivity index (χ1v) is 6.05. The molecule has 0 aliphatic rings. The van der Waals surface area contributed by atoms with Crippen molar-refractivity contribution >= 4 is 16.5 Å². The van der Waals surface area contributed by atoms with E-state index in [0.29, 0.717) is 11.7 Å². The fourth-order valence-corrected chi connectivity index (χ4v) is 2.01. The van der Waals surface area contributed by atoms with Gasteiger partial charge >= 0.3 is 0 Å². The third kappa shape index (κ3) is 2.19. The van der Waals surface area contributed by atoms with Gasteiger partial charge in [-0.05, 0) is 0 Å². The molecule has 0 aromatic carbocycles. The maximum atomic E-state index is 5.53. The van der Waals surface area contributed by atoms with Crippen molar-refractivity contribution in [3.8, 4) is 0 Å².